The number of hydrogen-bond acceptors (Lipinski definition) is 4. The van der Waals surface area contributed by atoms with Gasteiger partial charge in [0.1, 0.15) is 17.8 Å². The summed E-state index contributed by atoms with van der Waals surface area (Å²) >= 11 is 0. The Morgan fingerprint density at radius 3 is 2.77 bits per heavy atom. The maximum absolute atomic E-state index is 5.63. The van der Waals surface area contributed by atoms with Crippen molar-refractivity contribution in [3.8, 4) is 11.5 Å². The van der Waals surface area contributed by atoms with Crippen molar-refractivity contribution >= 4 is 5.69 Å². The number of methoxy groups -OCH3 is 1. The van der Waals surface area contributed by atoms with E-state index in [4.69, 9.17) is 9.47 Å². The molecule has 0 N–H and O–H groups in total. The average Bonchev–Trinajstić information content (AvgIpc) is 2.67. The summed E-state index contributed by atoms with van der Waals surface area (Å²) < 4.78 is 11.0. The van der Waals surface area contributed by atoms with Crippen LogP contribution in [0.15, 0.2) is 42.3 Å². The number of unbranched alkanes of at least 4 members (excludes halogenated alkanes) is 1. The van der Waals surface area contributed by atoms with Gasteiger partial charge in [-0.3, -0.25) is 0 Å². The van der Waals surface area contributed by atoms with Gasteiger partial charge in [0.2, 0.25) is 0 Å². The van der Waals surface area contributed by atoms with Crippen LogP contribution in [0.25, 0.3) is 0 Å². The van der Waals surface area contributed by atoms with Crippen molar-refractivity contribution in [3.63, 3.8) is 0 Å². The van der Waals surface area contributed by atoms with Crippen LogP contribution in [0.1, 0.15) is 39.5 Å². The fourth-order valence-electron chi connectivity index (χ4n) is 3.77. The Labute approximate surface area is 158 Å². The first-order valence-corrected chi connectivity index (χ1v) is 9.88. The van der Waals surface area contributed by atoms with E-state index in [1.165, 1.54) is 38.8 Å². The molecular formula is C22H32N2O2. The topological polar surface area (TPSA) is 24.9 Å². The molecule has 4 heteroatoms. The monoisotopic (exact) mass is 356 g/mol. The minimum atomic E-state index is 0.581. The fraction of sp³-hybridized carbons (Fsp3) is 0.545. The highest BCUT2D eigenvalue weighted by molar-refractivity contribution is 5.64. The second-order valence-electron chi connectivity index (χ2n) is 7.45. The van der Waals surface area contributed by atoms with Gasteiger partial charge in [-0.05, 0) is 37.3 Å². The van der Waals surface area contributed by atoms with Gasteiger partial charge < -0.3 is 19.3 Å². The van der Waals surface area contributed by atoms with Crippen LogP contribution in [-0.2, 0) is 0 Å². The molecule has 0 amide bonds. The Kier molecular flexibility index (Phi) is 6.62. The number of allylic oxidation sites excluding steroid dienone is 1. The molecule has 2 aliphatic heterocycles. The Bertz CT molecular complexity index is 644. The lowest BCUT2D eigenvalue weighted by molar-refractivity contribution is 0.224. The summed E-state index contributed by atoms with van der Waals surface area (Å²) in [6.07, 6.45) is 11.2. The van der Waals surface area contributed by atoms with Gasteiger partial charge in [-0.1, -0.05) is 31.9 Å². The maximum Gasteiger partial charge on any atom is 0.150 e. The van der Waals surface area contributed by atoms with E-state index in [0.717, 1.165) is 30.3 Å². The molecule has 2 aliphatic rings. The first-order valence-electron chi connectivity index (χ1n) is 9.88. The summed E-state index contributed by atoms with van der Waals surface area (Å²) in [7, 11) is 1.70. The lowest BCUT2D eigenvalue weighted by Crippen LogP contribution is -2.37. The number of likely N-dealkylation sites (tertiary alicyclic amines) is 1. The van der Waals surface area contributed by atoms with Crippen LogP contribution in [0, 0.1) is 5.92 Å². The number of hydrogen-bond donors (Lipinski definition) is 0. The van der Waals surface area contributed by atoms with Crippen LogP contribution in [0.3, 0.4) is 0 Å². The third-order valence-corrected chi connectivity index (χ3v) is 5.21. The van der Waals surface area contributed by atoms with Crippen LogP contribution in [0.5, 0.6) is 11.5 Å². The molecule has 1 fully saturated rings. The van der Waals surface area contributed by atoms with Crippen LogP contribution < -0.4 is 14.4 Å². The quantitative estimate of drug-likeness (QED) is 0.654. The molecule has 1 aromatic carbocycles. The number of rotatable bonds is 7. The van der Waals surface area contributed by atoms with Gasteiger partial charge in [0, 0.05) is 38.4 Å². The van der Waals surface area contributed by atoms with Gasteiger partial charge in [0.15, 0.2) is 0 Å². The van der Waals surface area contributed by atoms with Crippen molar-refractivity contribution in [1.82, 2.24) is 4.90 Å². The molecule has 3 rings (SSSR count). The van der Waals surface area contributed by atoms with Crippen molar-refractivity contribution < 1.29 is 9.47 Å². The zero-order valence-corrected chi connectivity index (χ0v) is 16.4. The maximum atomic E-state index is 5.63. The summed E-state index contributed by atoms with van der Waals surface area (Å²) in [6, 6.07) is 5.97. The molecule has 0 spiro atoms. The highest BCUT2D eigenvalue weighted by Gasteiger charge is 2.20. The fourth-order valence-corrected chi connectivity index (χ4v) is 3.77. The van der Waals surface area contributed by atoms with Gasteiger partial charge in [0.05, 0.1) is 12.8 Å². The van der Waals surface area contributed by atoms with Gasteiger partial charge in [0.25, 0.3) is 0 Å². The first kappa shape index (κ1) is 18.8. The third kappa shape index (κ3) is 4.82. The summed E-state index contributed by atoms with van der Waals surface area (Å²) in [5, 5.41) is 0. The van der Waals surface area contributed by atoms with Crippen molar-refractivity contribution in [3.05, 3.63) is 42.3 Å². The van der Waals surface area contributed by atoms with E-state index in [1.54, 1.807) is 18.9 Å². The Balaban J connectivity index is 1.54. The highest BCUT2D eigenvalue weighted by atomic mass is 16.5. The molecule has 0 saturated carbocycles. The molecule has 4 nitrogen and oxygen atoms in total. The van der Waals surface area contributed by atoms with E-state index in [9.17, 15) is 0 Å². The number of fused-ring (bicyclic) bond motifs is 1. The van der Waals surface area contributed by atoms with E-state index in [0.29, 0.717) is 5.92 Å². The molecule has 1 saturated heterocycles. The van der Waals surface area contributed by atoms with Crippen LogP contribution >= 0.6 is 0 Å². The van der Waals surface area contributed by atoms with E-state index >= 15 is 0 Å². The minimum Gasteiger partial charge on any atom is -0.497 e. The Morgan fingerprint density at radius 1 is 1.23 bits per heavy atom. The average molecular weight is 357 g/mol. The zero-order chi connectivity index (χ0) is 18.4. The molecule has 0 bridgehead atoms. The minimum absolute atomic E-state index is 0.581. The zero-order valence-electron chi connectivity index (χ0n) is 16.4. The van der Waals surface area contributed by atoms with Gasteiger partial charge in [-0.2, -0.15) is 0 Å². The predicted octanol–water partition coefficient (Wildman–Crippen LogP) is 4.82. The largest absolute Gasteiger partial charge is 0.497 e. The highest BCUT2D eigenvalue weighted by Crippen LogP contribution is 2.35. The molecule has 1 aromatic rings. The normalized spacial score (nSPS) is 18.3. The SMILES string of the molecule is CCCC=C1CCN(C[C@@H](C)CN2C=COc3ccc(OC)cc32)CC1. The lowest BCUT2D eigenvalue weighted by Gasteiger charge is -2.33. The number of nitrogens with zero attached hydrogens (tertiary/aromatic N) is 2. The molecule has 142 valence electrons. The molecular weight excluding hydrogens is 324 g/mol. The lowest BCUT2D eigenvalue weighted by atomic mass is 10.0. The van der Waals surface area contributed by atoms with Gasteiger partial charge in [-0.15, -0.1) is 0 Å². The summed E-state index contributed by atoms with van der Waals surface area (Å²) in [5.41, 5.74) is 2.75. The molecule has 2 heterocycles. The molecule has 0 aliphatic carbocycles. The number of benzene rings is 1. The molecule has 0 radical (unpaired) electrons. The van der Waals surface area contributed by atoms with Gasteiger partial charge >= 0.3 is 0 Å². The van der Waals surface area contributed by atoms with Crippen LogP contribution in [-0.4, -0.2) is 38.2 Å². The van der Waals surface area contributed by atoms with Crippen molar-refractivity contribution in [2.45, 2.75) is 39.5 Å². The van der Waals surface area contributed by atoms with Crippen molar-refractivity contribution in [2.75, 3.05) is 38.2 Å². The Hall–Kier alpha value is -1.94. The second-order valence-corrected chi connectivity index (χ2v) is 7.45. The van der Waals surface area contributed by atoms with Crippen LogP contribution in [0.4, 0.5) is 5.69 Å². The van der Waals surface area contributed by atoms with Crippen LogP contribution in [0.2, 0.25) is 0 Å². The van der Waals surface area contributed by atoms with Crippen molar-refractivity contribution in [1.29, 1.82) is 0 Å². The summed E-state index contributed by atoms with van der Waals surface area (Å²) in [6.45, 7) is 9.11. The summed E-state index contributed by atoms with van der Waals surface area (Å²) in [4.78, 5) is 4.90. The predicted molar refractivity (Wildman–Crippen MR) is 108 cm³/mol. The first-order chi connectivity index (χ1) is 12.7. The molecule has 26 heavy (non-hydrogen) atoms. The van der Waals surface area contributed by atoms with E-state index < -0.39 is 0 Å². The summed E-state index contributed by atoms with van der Waals surface area (Å²) in [5.74, 6) is 2.34. The smallest absolute Gasteiger partial charge is 0.150 e. The molecule has 0 aromatic heterocycles. The van der Waals surface area contributed by atoms with Gasteiger partial charge in [-0.25, -0.2) is 0 Å². The standard InChI is InChI=1S/C22H32N2O2/c1-4-5-6-19-9-11-23(12-10-19)16-18(2)17-24-13-14-26-22-8-7-20(25-3)15-21(22)24/h6-8,13-15,18H,4-5,9-12,16-17H2,1-3H3/t18-/m1/s1. The number of piperidine rings is 1. The Morgan fingerprint density at radius 2 is 2.04 bits per heavy atom. The number of ether oxygens (including phenoxy) is 2. The molecule has 1 atom stereocenters. The van der Waals surface area contributed by atoms with E-state index in [2.05, 4.69) is 35.8 Å². The molecule has 0 unspecified atom stereocenters. The van der Waals surface area contributed by atoms with E-state index in [1.807, 2.05) is 18.3 Å². The van der Waals surface area contributed by atoms with Crippen molar-refractivity contribution in [2.24, 2.45) is 5.92 Å². The second kappa shape index (κ2) is 9.13. The number of anilines is 1. The third-order valence-electron chi connectivity index (χ3n) is 5.21. The van der Waals surface area contributed by atoms with E-state index in [-0.39, 0.29) is 0 Å².